The molecule has 0 radical (unpaired) electrons. The first-order chi connectivity index (χ1) is 17.1. The maximum Gasteiger partial charge on any atom is 0.310 e. The molecule has 35 heavy (non-hydrogen) atoms. The quantitative estimate of drug-likeness (QED) is 0.225. The Bertz CT molecular complexity index is 1010. The van der Waals surface area contributed by atoms with E-state index in [4.69, 9.17) is 0 Å². The first-order valence-electron chi connectivity index (χ1n) is 13.5. The summed E-state index contributed by atoms with van der Waals surface area (Å²) in [6, 6.07) is 20.8. The van der Waals surface area contributed by atoms with Gasteiger partial charge in [-0.3, -0.25) is 9.78 Å². The van der Waals surface area contributed by atoms with Gasteiger partial charge in [0.25, 0.3) is 0 Å². The number of pyridine rings is 1. The molecule has 0 bridgehead atoms. The van der Waals surface area contributed by atoms with Gasteiger partial charge in [0.2, 0.25) is 0 Å². The Labute approximate surface area is 211 Å². The SMILES string of the molecule is CCCCCCCCC(C(=O)O)c1ccc(-c2ccc(-c3ccc(CCCCC)cn3)cc2)cc1. The molecule has 186 valence electrons. The molecule has 0 saturated heterocycles. The standard InChI is InChI=1S/C32H41NO2/c1-3-5-7-8-9-11-13-30(32(34)35)28-19-15-26(16-20-28)27-17-21-29(22-18-27)31-23-14-25(24-33-31)12-10-6-4-2/h14-24,30H,3-13H2,1-2H3,(H,34,35). The molecule has 0 aliphatic heterocycles. The van der Waals surface area contributed by atoms with Gasteiger partial charge in [-0.15, -0.1) is 0 Å². The van der Waals surface area contributed by atoms with E-state index in [0.717, 1.165) is 47.2 Å². The molecule has 0 aliphatic carbocycles. The Morgan fingerprint density at radius 3 is 1.89 bits per heavy atom. The molecule has 1 atom stereocenters. The Kier molecular flexibility index (Phi) is 11.0. The molecule has 1 unspecified atom stereocenters. The average Bonchev–Trinajstić information content (AvgIpc) is 2.89. The number of rotatable bonds is 15. The number of carbonyl (C=O) groups is 1. The minimum atomic E-state index is -0.723. The molecule has 0 saturated carbocycles. The first kappa shape index (κ1) is 26.7. The van der Waals surface area contributed by atoms with E-state index in [9.17, 15) is 9.90 Å². The van der Waals surface area contributed by atoms with Crippen LogP contribution in [-0.4, -0.2) is 16.1 Å². The number of aliphatic carboxylic acids is 1. The smallest absolute Gasteiger partial charge is 0.310 e. The highest BCUT2D eigenvalue weighted by molar-refractivity contribution is 5.77. The van der Waals surface area contributed by atoms with E-state index in [1.807, 2.05) is 30.5 Å². The number of aryl methyl sites for hydroxylation is 1. The summed E-state index contributed by atoms with van der Waals surface area (Å²) in [6.45, 7) is 4.44. The Morgan fingerprint density at radius 2 is 1.29 bits per heavy atom. The zero-order chi connectivity index (χ0) is 24.9. The maximum absolute atomic E-state index is 11.9. The van der Waals surface area contributed by atoms with Gasteiger partial charge in [0.15, 0.2) is 0 Å². The summed E-state index contributed by atoms with van der Waals surface area (Å²) in [6.07, 6.45) is 14.6. The van der Waals surface area contributed by atoms with Gasteiger partial charge in [0, 0.05) is 11.8 Å². The number of unbranched alkanes of at least 4 members (excludes halogenated alkanes) is 7. The molecule has 0 amide bonds. The fraction of sp³-hybridized carbons (Fsp3) is 0.438. The predicted molar refractivity (Wildman–Crippen MR) is 147 cm³/mol. The molecule has 1 heterocycles. The van der Waals surface area contributed by atoms with Gasteiger partial charge in [-0.25, -0.2) is 0 Å². The lowest BCUT2D eigenvalue weighted by atomic mass is 9.91. The predicted octanol–water partition coefficient (Wildman–Crippen LogP) is 9.07. The lowest BCUT2D eigenvalue weighted by molar-refractivity contribution is -0.139. The summed E-state index contributed by atoms with van der Waals surface area (Å²) >= 11 is 0. The van der Waals surface area contributed by atoms with Crippen molar-refractivity contribution in [2.75, 3.05) is 0 Å². The molecule has 3 heteroatoms. The van der Waals surface area contributed by atoms with E-state index in [1.54, 1.807) is 0 Å². The molecule has 1 aromatic heterocycles. The average molecular weight is 472 g/mol. The lowest BCUT2D eigenvalue weighted by Crippen LogP contribution is -2.11. The number of benzene rings is 2. The summed E-state index contributed by atoms with van der Waals surface area (Å²) < 4.78 is 0. The van der Waals surface area contributed by atoms with Crippen molar-refractivity contribution in [1.29, 1.82) is 0 Å². The van der Waals surface area contributed by atoms with Crippen LogP contribution in [0, 0.1) is 0 Å². The van der Waals surface area contributed by atoms with Gasteiger partial charge in [-0.05, 0) is 47.6 Å². The lowest BCUT2D eigenvalue weighted by Gasteiger charge is -2.14. The van der Waals surface area contributed by atoms with Crippen molar-refractivity contribution in [2.24, 2.45) is 0 Å². The third-order valence-corrected chi connectivity index (χ3v) is 6.87. The minimum Gasteiger partial charge on any atom is -0.481 e. The summed E-state index contributed by atoms with van der Waals surface area (Å²) in [7, 11) is 0. The van der Waals surface area contributed by atoms with Crippen molar-refractivity contribution < 1.29 is 9.90 Å². The summed E-state index contributed by atoms with van der Waals surface area (Å²) in [5, 5.41) is 9.76. The van der Waals surface area contributed by atoms with Crippen LogP contribution in [0.15, 0.2) is 66.9 Å². The van der Waals surface area contributed by atoms with Gasteiger partial charge in [-0.2, -0.15) is 0 Å². The van der Waals surface area contributed by atoms with Gasteiger partial charge < -0.3 is 5.11 Å². The number of carboxylic acids is 1. The zero-order valence-electron chi connectivity index (χ0n) is 21.5. The van der Waals surface area contributed by atoms with Gasteiger partial charge in [0.05, 0.1) is 11.6 Å². The second-order valence-electron chi connectivity index (χ2n) is 9.66. The monoisotopic (exact) mass is 471 g/mol. The normalized spacial score (nSPS) is 11.9. The van der Waals surface area contributed by atoms with Crippen LogP contribution in [-0.2, 0) is 11.2 Å². The van der Waals surface area contributed by atoms with Gasteiger partial charge in [-0.1, -0.05) is 120 Å². The van der Waals surface area contributed by atoms with Crippen LogP contribution in [0.5, 0.6) is 0 Å². The molecule has 2 aromatic carbocycles. The van der Waals surface area contributed by atoms with Crippen LogP contribution in [0.4, 0.5) is 0 Å². The van der Waals surface area contributed by atoms with Crippen molar-refractivity contribution in [1.82, 2.24) is 4.98 Å². The van der Waals surface area contributed by atoms with Gasteiger partial charge >= 0.3 is 5.97 Å². The minimum absolute atomic E-state index is 0.423. The van der Waals surface area contributed by atoms with Crippen molar-refractivity contribution in [3.63, 3.8) is 0 Å². The van der Waals surface area contributed by atoms with Crippen LogP contribution >= 0.6 is 0 Å². The van der Waals surface area contributed by atoms with E-state index in [1.165, 1.54) is 50.5 Å². The number of hydrogen-bond acceptors (Lipinski definition) is 2. The molecule has 0 fully saturated rings. The van der Waals surface area contributed by atoms with Gasteiger partial charge in [0.1, 0.15) is 0 Å². The molecule has 3 rings (SSSR count). The molecule has 3 nitrogen and oxygen atoms in total. The number of hydrogen-bond donors (Lipinski definition) is 1. The van der Waals surface area contributed by atoms with E-state index in [-0.39, 0.29) is 0 Å². The highest BCUT2D eigenvalue weighted by Crippen LogP contribution is 2.28. The summed E-state index contributed by atoms with van der Waals surface area (Å²) in [5.74, 6) is -1.15. The topological polar surface area (TPSA) is 50.2 Å². The van der Waals surface area contributed by atoms with Crippen molar-refractivity contribution in [2.45, 2.75) is 90.4 Å². The molecule has 3 aromatic rings. The highest BCUT2D eigenvalue weighted by atomic mass is 16.4. The summed E-state index contributed by atoms with van der Waals surface area (Å²) in [4.78, 5) is 16.5. The first-order valence-corrected chi connectivity index (χ1v) is 13.5. The highest BCUT2D eigenvalue weighted by Gasteiger charge is 2.19. The Morgan fingerprint density at radius 1 is 0.714 bits per heavy atom. The van der Waals surface area contributed by atoms with Crippen LogP contribution in [0.25, 0.3) is 22.4 Å². The molecule has 0 spiro atoms. The molecular weight excluding hydrogens is 430 g/mol. The van der Waals surface area contributed by atoms with Crippen molar-refractivity contribution in [3.05, 3.63) is 78.0 Å². The molecular formula is C32H41NO2. The molecule has 0 aliphatic rings. The molecule has 1 N–H and O–H groups in total. The van der Waals surface area contributed by atoms with E-state index >= 15 is 0 Å². The van der Waals surface area contributed by atoms with E-state index < -0.39 is 11.9 Å². The summed E-state index contributed by atoms with van der Waals surface area (Å²) in [5.41, 5.74) is 6.52. The van der Waals surface area contributed by atoms with Crippen LogP contribution in [0.1, 0.15) is 95.1 Å². The largest absolute Gasteiger partial charge is 0.481 e. The van der Waals surface area contributed by atoms with E-state index in [0.29, 0.717) is 6.42 Å². The van der Waals surface area contributed by atoms with Crippen LogP contribution in [0.2, 0.25) is 0 Å². The van der Waals surface area contributed by atoms with E-state index in [2.05, 4.69) is 55.2 Å². The third kappa shape index (κ3) is 8.35. The second kappa shape index (κ2) is 14.5. The number of nitrogens with zero attached hydrogens (tertiary/aromatic N) is 1. The third-order valence-electron chi connectivity index (χ3n) is 6.87. The fourth-order valence-corrected chi connectivity index (χ4v) is 4.63. The Balaban J connectivity index is 1.59. The maximum atomic E-state index is 11.9. The number of aromatic nitrogens is 1. The van der Waals surface area contributed by atoms with Crippen LogP contribution in [0.3, 0.4) is 0 Å². The zero-order valence-corrected chi connectivity index (χ0v) is 21.5. The second-order valence-corrected chi connectivity index (χ2v) is 9.66. The van der Waals surface area contributed by atoms with Crippen molar-refractivity contribution in [3.8, 4) is 22.4 Å². The Hall–Kier alpha value is -2.94. The number of carboxylic acid groups (broad SMARTS) is 1. The van der Waals surface area contributed by atoms with Crippen LogP contribution < -0.4 is 0 Å². The fourth-order valence-electron chi connectivity index (χ4n) is 4.63. The van der Waals surface area contributed by atoms with Crippen molar-refractivity contribution >= 4 is 5.97 Å².